The second-order valence-electron chi connectivity index (χ2n) is 5.30. The lowest BCUT2D eigenvalue weighted by atomic mass is 10.1. The summed E-state index contributed by atoms with van der Waals surface area (Å²) in [5, 5.41) is 3.33. The molecule has 0 saturated carbocycles. The summed E-state index contributed by atoms with van der Waals surface area (Å²) in [6, 6.07) is 19.7. The fourth-order valence-electron chi connectivity index (χ4n) is 2.59. The van der Waals surface area contributed by atoms with Crippen molar-refractivity contribution in [2.24, 2.45) is 0 Å². The highest BCUT2D eigenvalue weighted by Crippen LogP contribution is 2.36. The van der Waals surface area contributed by atoms with Crippen LogP contribution >= 0.6 is 11.3 Å². The highest BCUT2D eigenvalue weighted by Gasteiger charge is 2.09. The molecule has 0 unspecified atom stereocenters. The number of benzene rings is 2. The minimum Gasteiger partial charge on any atom is -0.497 e. The third-order valence-electron chi connectivity index (χ3n) is 3.76. The Morgan fingerprint density at radius 3 is 2.58 bits per heavy atom. The molecule has 0 radical (unpaired) electrons. The molecule has 4 rings (SSSR count). The average Bonchev–Trinajstić information content (AvgIpc) is 3.06. The fraction of sp³-hybridized carbons (Fsp3) is 0.0500. The molecule has 0 spiro atoms. The van der Waals surface area contributed by atoms with Crippen LogP contribution in [0, 0.1) is 0 Å². The summed E-state index contributed by atoms with van der Waals surface area (Å²) in [5.41, 5.74) is 2.15. The van der Waals surface area contributed by atoms with E-state index in [4.69, 9.17) is 9.47 Å². The largest absolute Gasteiger partial charge is 0.497 e. The van der Waals surface area contributed by atoms with E-state index in [9.17, 15) is 0 Å². The first kappa shape index (κ1) is 14.7. The van der Waals surface area contributed by atoms with Crippen molar-refractivity contribution in [1.82, 2.24) is 4.98 Å². The van der Waals surface area contributed by atoms with Gasteiger partial charge in [0.15, 0.2) is 0 Å². The Morgan fingerprint density at radius 1 is 0.875 bits per heavy atom. The van der Waals surface area contributed by atoms with Gasteiger partial charge in [-0.3, -0.25) is 4.98 Å². The number of hydrogen-bond donors (Lipinski definition) is 0. The maximum absolute atomic E-state index is 5.95. The van der Waals surface area contributed by atoms with Crippen LogP contribution in [0.25, 0.3) is 21.3 Å². The number of pyridine rings is 1. The Hall–Kier alpha value is -2.85. The molecule has 0 aliphatic heterocycles. The third-order valence-corrected chi connectivity index (χ3v) is 4.71. The summed E-state index contributed by atoms with van der Waals surface area (Å²) in [4.78, 5) is 4.44. The summed E-state index contributed by atoms with van der Waals surface area (Å²) in [7, 11) is 1.65. The van der Waals surface area contributed by atoms with Gasteiger partial charge in [0.25, 0.3) is 0 Å². The van der Waals surface area contributed by atoms with E-state index in [0.29, 0.717) is 0 Å². The number of aromatic nitrogens is 1. The summed E-state index contributed by atoms with van der Waals surface area (Å²) >= 11 is 1.70. The lowest BCUT2D eigenvalue weighted by molar-refractivity contribution is 0.409. The highest BCUT2D eigenvalue weighted by molar-refractivity contribution is 7.17. The molecule has 118 valence electrons. The van der Waals surface area contributed by atoms with Gasteiger partial charge in [-0.1, -0.05) is 12.1 Å². The van der Waals surface area contributed by atoms with Gasteiger partial charge in [-0.05, 0) is 42.5 Å². The standard InChI is InChI=1S/C20H15NO2S/c1-22-14-5-4-6-15(11-14)23-16-8-9-17-18(13-24-20(17)12-16)19-7-2-3-10-21-19/h2-13H,1H3. The summed E-state index contributed by atoms with van der Waals surface area (Å²) in [6.45, 7) is 0. The second kappa shape index (κ2) is 6.34. The molecule has 2 heterocycles. The Balaban J connectivity index is 1.67. The number of fused-ring (bicyclic) bond motifs is 1. The van der Waals surface area contributed by atoms with Crippen molar-refractivity contribution < 1.29 is 9.47 Å². The first-order valence-electron chi connectivity index (χ1n) is 7.58. The highest BCUT2D eigenvalue weighted by atomic mass is 32.1. The molecule has 0 fully saturated rings. The van der Waals surface area contributed by atoms with E-state index in [2.05, 4.69) is 22.5 Å². The van der Waals surface area contributed by atoms with Gasteiger partial charge in [-0.15, -0.1) is 11.3 Å². The zero-order valence-corrected chi connectivity index (χ0v) is 13.9. The van der Waals surface area contributed by atoms with Gasteiger partial charge in [0.2, 0.25) is 0 Å². The number of hydrogen-bond acceptors (Lipinski definition) is 4. The monoisotopic (exact) mass is 333 g/mol. The minimum atomic E-state index is 0.759. The Morgan fingerprint density at radius 2 is 1.75 bits per heavy atom. The van der Waals surface area contributed by atoms with Gasteiger partial charge in [0.05, 0.1) is 12.8 Å². The van der Waals surface area contributed by atoms with Crippen molar-refractivity contribution in [3.63, 3.8) is 0 Å². The molecule has 0 amide bonds. The van der Waals surface area contributed by atoms with Crippen LogP contribution in [0.5, 0.6) is 17.2 Å². The molecular weight excluding hydrogens is 318 g/mol. The molecule has 0 aliphatic carbocycles. The van der Waals surface area contributed by atoms with Gasteiger partial charge >= 0.3 is 0 Å². The average molecular weight is 333 g/mol. The smallest absolute Gasteiger partial charge is 0.131 e. The molecule has 2 aromatic carbocycles. The molecule has 3 nitrogen and oxygen atoms in total. The predicted octanol–water partition coefficient (Wildman–Crippen LogP) is 5.76. The first-order chi connectivity index (χ1) is 11.8. The Kier molecular flexibility index (Phi) is 3.89. The minimum absolute atomic E-state index is 0.759. The second-order valence-corrected chi connectivity index (χ2v) is 6.21. The molecule has 0 aliphatic rings. The summed E-state index contributed by atoms with van der Waals surface area (Å²) in [6.07, 6.45) is 1.82. The zero-order valence-electron chi connectivity index (χ0n) is 13.1. The topological polar surface area (TPSA) is 31.4 Å². The SMILES string of the molecule is COc1cccc(Oc2ccc3c(-c4ccccn4)csc3c2)c1. The molecule has 2 aromatic heterocycles. The number of nitrogens with zero attached hydrogens (tertiary/aromatic N) is 1. The van der Waals surface area contributed by atoms with E-state index in [1.54, 1.807) is 18.4 Å². The predicted molar refractivity (Wildman–Crippen MR) is 98.1 cm³/mol. The van der Waals surface area contributed by atoms with Crippen molar-refractivity contribution in [2.45, 2.75) is 0 Å². The molecule has 0 bridgehead atoms. The van der Waals surface area contributed by atoms with E-state index >= 15 is 0 Å². The molecule has 4 aromatic rings. The van der Waals surface area contributed by atoms with E-state index < -0.39 is 0 Å². The number of thiophene rings is 1. The van der Waals surface area contributed by atoms with Crippen LogP contribution in [0.15, 0.2) is 72.2 Å². The quantitative estimate of drug-likeness (QED) is 0.475. The van der Waals surface area contributed by atoms with Crippen LogP contribution < -0.4 is 9.47 Å². The van der Waals surface area contributed by atoms with Crippen LogP contribution in [0.2, 0.25) is 0 Å². The number of rotatable bonds is 4. The first-order valence-corrected chi connectivity index (χ1v) is 8.46. The van der Waals surface area contributed by atoms with Crippen molar-refractivity contribution >= 4 is 21.4 Å². The molecule has 24 heavy (non-hydrogen) atoms. The van der Waals surface area contributed by atoms with Crippen LogP contribution in [0.3, 0.4) is 0 Å². The Bertz CT molecular complexity index is 979. The fourth-order valence-corrected chi connectivity index (χ4v) is 3.57. The van der Waals surface area contributed by atoms with Crippen molar-refractivity contribution in [3.05, 3.63) is 72.2 Å². The van der Waals surface area contributed by atoms with Gasteiger partial charge in [0, 0.05) is 33.3 Å². The van der Waals surface area contributed by atoms with Crippen LogP contribution in [0.1, 0.15) is 0 Å². The van der Waals surface area contributed by atoms with E-state index in [-0.39, 0.29) is 0 Å². The number of methoxy groups -OCH3 is 1. The van der Waals surface area contributed by atoms with Crippen molar-refractivity contribution in [1.29, 1.82) is 0 Å². The summed E-state index contributed by atoms with van der Waals surface area (Å²) in [5.74, 6) is 2.35. The molecule has 0 N–H and O–H groups in total. The van der Waals surface area contributed by atoms with Gasteiger partial charge in [0.1, 0.15) is 17.2 Å². The molecule has 4 heteroatoms. The van der Waals surface area contributed by atoms with Crippen molar-refractivity contribution in [3.8, 4) is 28.5 Å². The van der Waals surface area contributed by atoms with Gasteiger partial charge in [-0.25, -0.2) is 0 Å². The lowest BCUT2D eigenvalue weighted by Crippen LogP contribution is -1.86. The zero-order chi connectivity index (χ0) is 16.4. The molecular formula is C20H15NO2S. The molecule has 0 atom stereocenters. The normalized spacial score (nSPS) is 10.7. The van der Waals surface area contributed by atoms with Crippen LogP contribution in [-0.4, -0.2) is 12.1 Å². The van der Waals surface area contributed by atoms with E-state index in [0.717, 1.165) is 28.5 Å². The molecule has 0 saturated heterocycles. The Labute approximate surface area is 144 Å². The summed E-state index contributed by atoms with van der Waals surface area (Å²) < 4.78 is 12.4. The number of ether oxygens (including phenoxy) is 2. The maximum Gasteiger partial charge on any atom is 0.131 e. The van der Waals surface area contributed by atoms with Gasteiger partial charge in [-0.2, -0.15) is 0 Å². The van der Waals surface area contributed by atoms with Crippen LogP contribution in [0.4, 0.5) is 0 Å². The van der Waals surface area contributed by atoms with E-state index in [1.165, 1.54) is 10.1 Å². The third kappa shape index (κ3) is 2.84. The van der Waals surface area contributed by atoms with Crippen molar-refractivity contribution in [2.75, 3.05) is 7.11 Å². The maximum atomic E-state index is 5.95. The van der Waals surface area contributed by atoms with E-state index in [1.807, 2.05) is 54.7 Å². The van der Waals surface area contributed by atoms with Crippen LogP contribution in [-0.2, 0) is 0 Å². The van der Waals surface area contributed by atoms with Gasteiger partial charge < -0.3 is 9.47 Å². The lowest BCUT2D eigenvalue weighted by Gasteiger charge is -2.07.